The van der Waals surface area contributed by atoms with Crippen LogP contribution in [0.15, 0.2) is 18.2 Å². The van der Waals surface area contributed by atoms with Gasteiger partial charge in [-0.1, -0.05) is 11.6 Å². The van der Waals surface area contributed by atoms with Gasteiger partial charge >= 0.3 is 12.2 Å². The first-order valence-corrected chi connectivity index (χ1v) is 9.71. The quantitative estimate of drug-likeness (QED) is 0.714. The first-order valence-electron chi connectivity index (χ1n) is 9.33. The third-order valence-electron chi connectivity index (χ3n) is 4.90. The lowest BCUT2D eigenvalue weighted by atomic mass is 10.2. The lowest BCUT2D eigenvalue weighted by Gasteiger charge is -2.34. The van der Waals surface area contributed by atoms with Crippen LogP contribution in [0.4, 0.5) is 23.7 Å². The number of anilines is 1. The topological polar surface area (TPSA) is 85.0 Å². The van der Waals surface area contributed by atoms with Crippen molar-refractivity contribution < 1.29 is 27.6 Å². The zero-order chi connectivity index (χ0) is 21.9. The highest BCUT2D eigenvalue weighted by atomic mass is 35.5. The molecule has 0 aromatic heterocycles. The van der Waals surface area contributed by atoms with Gasteiger partial charge in [0, 0.05) is 45.0 Å². The molecule has 2 aliphatic heterocycles. The standard InChI is InChI=1S/C18H21ClF3N5O3/c19-14-2-1-12(9-13(14)18(20,21)22)24-15(28)10-25-5-7-26(8-6-25)11-16(29)27-4-3-23-17(27)30/h1-2,9H,3-8,10-11H2,(H,23,30)(H,24,28). The van der Waals surface area contributed by atoms with Gasteiger partial charge in [0.25, 0.3) is 0 Å². The van der Waals surface area contributed by atoms with E-state index in [1.807, 2.05) is 9.80 Å². The molecule has 0 radical (unpaired) electrons. The molecule has 0 aliphatic carbocycles. The molecule has 2 fully saturated rings. The number of carbonyl (C=O) groups is 3. The van der Waals surface area contributed by atoms with Crippen LogP contribution in [-0.4, -0.2) is 84.9 Å². The number of nitrogens with zero attached hydrogens (tertiary/aromatic N) is 3. The highest BCUT2D eigenvalue weighted by Gasteiger charge is 2.33. The maximum atomic E-state index is 12.9. The van der Waals surface area contributed by atoms with E-state index in [1.165, 1.54) is 11.0 Å². The molecule has 30 heavy (non-hydrogen) atoms. The predicted molar refractivity (Wildman–Crippen MR) is 103 cm³/mol. The van der Waals surface area contributed by atoms with Crippen molar-refractivity contribution in [2.24, 2.45) is 0 Å². The first-order chi connectivity index (χ1) is 14.1. The van der Waals surface area contributed by atoms with Gasteiger partial charge in [0.2, 0.25) is 11.8 Å². The molecule has 4 amide bonds. The lowest BCUT2D eigenvalue weighted by molar-refractivity contribution is -0.137. The highest BCUT2D eigenvalue weighted by Crippen LogP contribution is 2.36. The number of amides is 4. The van der Waals surface area contributed by atoms with Gasteiger partial charge in [-0.15, -0.1) is 0 Å². The van der Waals surface area contributed by atoms with Gasteiger partial charge in [-0.3, -0.25) is 24.3 Å². The fourth-order valence-corrected chi connectivity index (χ4v) is 3.54. The fraction of sp³-hybridized carbons (Fsp3) is 0.500. The SMILES string of the molecule is O=C(CN1CCN(CC(=O)N2CCNC2=O)CC1)Nc1ccc(Cl)c(C(F)(F)F)c1. The Hall–Kier alpha value is -2.37. The van der Waals surface area contributed by atoms with Gasteiger partial charge < -0.3 is 10.6 Å². The normalized spacial score (nSPS) is 18.4. The summed E-state index contributed by atoms with van der Waals surface area (Å²) in [4.78, 5) is 40.8. The Labute approximate surface area is 175 Å². The average molecular weight is 448 g/mol. The van der Waals surface area contributed by atoms with Crippen LogP contribution in [0.25, 0.3) is 0 Å². The maximum Gasteiger partial charge on any atom is 0.417 e. The summed E-state index contributed by atoms with van der Waals surface area (Å²) in [6.07, 6.45) is -4.61. The summed E-state index contributed by atoms with van der Waals surface area (Å²) in [6.45, 7) is 3.05. The second-order valence-corrected chi connectivity index (χ2v) is 7.48. The van der Waals surface area contributed by atoms with Gasteiger partial charge in [0.15, 0.2) is 0 Å². The van der Waals surface area contributed by atoms with Crippen LogP contribution in [-0.2, 0) is 15.8 Å². The summed E-state index contributed by atoms with van der Waals surface area (Å²) in [5.74, 6) is -0.705. The highest BCUT2D eigenvalue weighted by molar-refractivity contribution is 6.31. The minimum Gasteiger partial charge on any atom is -0.336 e. The Balaban J connectivity index is 1.45. The van der Waals surface area contributed by atoms with Crippen LogP contribution < -0.4 is 10.6 Å². The first kappa shape index (κ1) is 22.3. The van der Waals surface area contributed by atoms with Gasteiger partial charge in [-0.25, -0.2) is 4.79 Å². The second-order valence-electron chi connectivity index (χ2n) is 7.07. The van der Waals surface area contributed by atoms with E-state index in [-0.39, 0.29) is 30.7 Å². The molecule has 0 saturated carbocycles. The molecule has 2 saturated heterocycles. The van der Waals surface area contributed by atoms with Gasteiger partial charge in [0.1, 0.15) is 0 Å². The second kappa shape index (κ2) is 9.19. The minimum absolute atomic E-state index is 0.0142. The Morgan fingerprint density at radius 3 is 2.27 bits per heavy atom. The average Bonchev–Trinajstić information content (AvgIpc) is 3.10. The molecule has 2 aliphatic rings. The van der Waals surface area contributed by atoms with E-state index in [9.17, 15) is 27.6 Å². The molecule has 8 nitrogen and oxygen atoms in total. The summed E-state index contributed by atoms with van der Waals surface area (Å²) in [5, 5.41) is 4.60. The van der Waals surface area contributed by atoms with Crippen LogP contribution in [0.5, 0.6) is 0 Å². The van der Waals surface area contributed by atoms with Gasteiger partial charge in [-0.2, -0.15) is 13.2 Å². The number of piperazine rings is 1. The number of hydrogen-bond acceptors (Lipinski definition) is 5. The molecule has 12 heteroatoms. The molecular weight excluding hydrogens is 427 g/mol. The number of benzene rings is 1. The molecule has 2 heterocycles. The van der Waals surface area contributed by atoms with E-state index in [1.54, 1.807) is 0 Å². The van der Waals surface area contributed by atoms with E-state index in [0.29, 0.717) is 39.3 Å². The molecular formula is C18H21ClF3N5O3. The van der Waals surface area contributed by atoms with Gasteiger partial charge in [-0.05, 0) is 18.2 Å². The van der Waals surface area contributed by atoms with E-state index < -0.39 is 22.7 Å². The van der Waals surface area contributed by atoms with Crippen molar-refractivity contribution in [3.8, 4) is 0 Å². The Morgan fingerprint density at radius 2 is 1.70 bits per heavy atom. The number of halogens is 4. The number of rotatable bonds is 5. The zero-order valence-electron chi connectivity index (χ0n) is 16.0. The van der Waals surface area contributed by atoms with Crippen LogP contribution in [0.1, 0.15) is 5.56 Å². The molecule has 1 aromatic rings. The summed E-state index contributed by atoms with van der Waals surface area (Å²) in [7, 11) is 0. The monoisotopic (exact) mass is 447 g/mol. The largest absolute Gasteiger partial charge is 0.417 e. The maximum absolute atomic E-state index is 12.9. The summed E-state index contributed by atoms with van der Waals surface area (Å²) in [6, 6.07) is 2.83. The summed E-state index contributed by atoms with van der Waals surface area (Å²) in [5.41, 5.74) is -0.989. The van der Waals surface area contributed by atoms with Crippen LogP contribution in [0.3, 0.4) is 0 Å². The van der Waals surface area contributed by atoms with Crippen molar-refractivity contribution >= 4 is 35.1 Å². The minimum atomic E-state index is -4.61. The van der Waals surface area contributed by atoms with E-state index in [0.717, 1.165) is 12.1 Å². The van der Waals surface area contributed by atoms with Crippen molar-refractivity contribution in [2.45, 2.75) is 6.18 Å². The predicted octanol–water partition coefficient (Wildman–Crippen LogP) is 1.47. The van der Waals surface area contributed by atoms with Crippen LogP contribution in [0, 0.1) is 0 Å². The number of alkyl halides is 3. The number of carbonyl (C=O) groups excluding carboxylic acids is 3. The Morgan fingerprint density at radius 1 is 1.07 bits per heavy atom. The molecule has 0 spiro atoms. The molecule has 3 rings (SSSR count). The number of urea groups is 1. The zero-order valence-corrected chi connectivity index (χ0v) is 16.7. The van der Waals surface area contributed by atoms with Crippen molar-refractivity contribution in [1.82, 2.24) is 20.0 Å². The molecule has 1 aromatic carbocycles. The lowest BCUT2D eigenvalue weighted by Crippen LogP contribution is -2.51. The van der Waals surface area contributed by atoms with Crippen molar-refractivity contribution in [1.29, 1.82) is 0 Å². The van der Waals surface area contributed by atoms with E-state index >= 15 is 0 Å². The van der Waals surface area contributed by atoms with Gasteiger partial charge in [0.05, 0.1) is 23.7 Å². The smallest absolute Gasteiger partial charge is 0.336 e. The Bertz CT molecular complexity index is 828. The number of imide groups is 1. The third kappa shape index (κ3) is 5.61. The summed E-state index contributed by atoms with van der Waals surface area (Å²) < 4.78 is 38.8. The summed E-state index contributed by atoms with van der Waals surface area (Å²) >= 11 is 5.58. The van der Waals surface area contributed by atoms with E-state index in [4.69, 9.17) is 11.6 Å². The number of nitrogens with one attached hydrogen (secondary N) is 2. The van der Waals surface area contributed by atoms with Crippen molar-refractivity contribution in [2.75, 3.05) is 57.7 Å². The van der Waals surface area contributed by atoms with Crippen molar-refractivity contribution in [3.05, 3.63) is 28.8 Å². The molecule has 0 bridgehead atoms. The molecule has 0 unspecified atom stereocenters. The molecule has 2 N–H and O–H groups in total. The third-order valence-corrected chi connectivity index (χ3v) is 5.23. The molecule has 164 valence electrons. The van der Waals surface area contributed by atoms with Crippen LogP contribution >= 0.6 is 11.6 Å². The fourth-order valence-electron chi connectivity index (χ4n) is 3.32. The van der Waals surface area contributed by atoms with E-state index in [2.05, 4.69) is 10.6 Å². The van der Waals surface area contributed by atoms with Crippen LogP contribution in [0.2, 0.25) is 5.02 Å². The van der Waals surface area contributed by atoms with Crippen molar-refractivity contribution in [3.63, 3.8) is 0 Å². The molecule has 0 atom stereocenters. The Kier molecular flexibility index (Phi) is 6.84. The number of hydrogen-bond donors (Lipinski definition) is 2.